The number of pyridine rings is 2. The van der Waals surface area contributed by atoms with Crippen molar-refractivity contribution in [2.45, 2.75) is 6.42 Å². The molecule has 5 rings (SSSR count). The SMILES string of the molecule is COc1cnc2ccc(Cc3nnc4c(F)cc(-c5cc(F)cc(F)c5)cn34)cc2c1. The fourth-order valence-corrected chi connectivity index (χ4v) is 3.56. The van der Waals surface area contributed by atoms with Crippen molar-refractivity contribution in [3.05, 3.63) is 89.8 Å². The van der Waals surface area contributed by atoms with Gasteiger partial charge in [-0.1, -0.05) is 6.07 Å². The third-order valence-corrected chi connectivity index (χ3v) is 5.04. The number of halogens is 3. The number of hydrogen-bond acceptors (Lipinski definition) is 4. The minimum Gasteiger partial charge on any atom is -0.495 e. The Morgan fingerprint density at radius 1 is 0.903 bits per heavy atom. The molecule has 154 valence electrons. The highest BCUT2D eigenvalue weighted by Crippen LogP contribution is 2.26. The van der Waals surface area contributed by atoms with Crippen molar-refractivity contribution in [1.29, 1.82) is 0 Å². The highest BCUT2D eigenvalue weighted by Gasteiger charge is 2.14. The first-order chi connectivity index (χ1) is 15.0. The smallest absolute Gasteiger partial charge is 0.196 e. The van der Waals surface area contributed by atoms with Crippen LogP contribution in [-0.2, 0) is 6.42 Å². The summed E-state index contributed by atoms with van der Waals surface area (Å²) in [5.74, 6) is -0.970. The van der Waals surface area contributed by atoms with E-state index < -0.39 is 17.5 Å². The zero-order valence-electron chi connectivity index (χ0n) is 16.3. The first-order valence-electron chi connectivity index (χ1n) is 9.42. The van der Waals surface area contributed by atoms with Crippen LogP contribution in [0.4, 0.5) is 13.2 Å². The summed E-state index contributed by atoms with van der Waals surface area (Å²) >= 11 is 0. The first-order valence-corrected chi connectivity index (χ1v) is 9.42. The van der Waals surface area contributed by atoms with Gasteiger partial charge in [-0.2, -0.15) is 0 Å². The quantitative estimate of drug-likeness (QED) is 0.412. The number of methoxy groups -OCH3 is 1. The third-order valence-electron chi connectivity index (χ3n) is 5.04. The number of benzene rings is 2. The number of aromatic nitrogens is 4. The molecule has 3 aromatic heterocycles. The summed E-state index contributed by atoms with van der Waals surface area (Å²) in [5.41, 5.74) is 2.31. The molecule has 0 aliphatic rings. The summed E-state index contributed by atoms with van der Waals surface area (Å²) in [6.45, 7) is 0. The fourth-order valence-electron chi connectivity index (χ4n) is 3.56. The monoisotopic (exact) mass is 420 g/mol. The van der Waals surface area contributed by atoms with Crippen molar-refractivity contribution < 1.29 is 17.9 Å². The van der Waals surface area contributed by atoms with Gasteiger partial charge in [0.05, 0.1) is 18.8 Å². The van der Waals surface area contributed by atoms with Crippen LogP contribution in [0.5, 0.6) is 5.75 Å². The van der Waals surface area contributed by atoms with Gasteiger partial charge in [0.15, 0.2) is 11.5 Å². The number of fused-ring (bicyclic) bond motifs is 2. The maximum absolute atomic E-state index is 14.6. The van der Waals surface area contributed by atoms with Crippen molar-refractivity contribution in [1.82, 2.24) is 19.6 Å². The Morgan fingerprint density at radius 3 is 2.48 bits per heavy atom. The van der Waals surface area contributed by atoms with E-state index in [-0.39, 0.29) is 11.2 Å². The maximum Gasteiger partial charge on any atom is 0.196 e. The van der Waals surface area contributed by atoms with Crippen LogP contribution >= 0.6 is 0 Å². The highest BCUT2D eigenvalue weighted by atomic mass is 19.1. The second kappa shape index (κ2) is 7.39. The van der Waals surface area contributed by atoms with Crippen LogP contribution in [0.2, 0.25) is 0 Å². The summed E-state index contributed by atoms with van der Waals surface area (Å²) in [7, 11) is 1.58. The summed E-state index contributed by atoms with van der Waals surface area (Å²) in [4.78, 5) is 4.34. The van der Waals surface area contributed by atoms with E-state index in [1.54, 1.807) is 19.5 Å². The van der Waals surface area contributed by atoms with E-state index >= 15 is 0 Å². The second-order valence-electron chi connectivity index (χ2n) is 7.12. The van der Waals surface area contributed by atoms with Gasteiger partial charge in [0.25, 0.3) is 0 Å². The maximum atomic E-state index is 14.6. The molecule has 5 aromatic rings. The van der Waals surface area contributed by atoms with Crippen LogP contribution in [0.15, 0.2) is 60.9 Å². The summed E-state index contributed by atoms with van der Waals surface area (Å²) in [6.07, 6.45) is 3.59. The average Bonchev–Trinajstić information content (AvgIpc) is 3.15. The molecule has 31 heavy (non-hydrogen) atoms. The number of rotatable bonds is 4. The molecule has 5 nitrogen and oxygen atoms in total. The standard InChI is InChI=1S/C23H15F3N4O/c1-31-19-8-15-4-13(2-3-21(15)27-11-19)5-22-28-29-23-20(26)9-16(12-30(22)23)14-6-17(24)10-18(25)7-14/h2-4,6-12H,5H2,1H3. The predicted molar refractivity (Wildman–Crippen MR) is 109 cm³/mol. The van der Waals surface area contributed by atoms with E-state index in [9.17, 15) is 13.2 Å². The van der Waals surface area contributed by atoms with E-state index in [2.05, 4.69) is 15.2 Å². The lowest BCUT2D eigenvalue weighted by molar-refractivity contribution is 0.414. The molecule has 0 bridgehead atoms. The molecule has 0 unspecified atom stereocenters. The molecule has 0 saturated heterocycles. The lowest BCUT2D eigenvalue weighted by Crippen LogP contribution is -1.99. The Hall–Kier alpha value is -3.94. The molecule has 0 amide bonds. The summed E-state index contributed by atoms with van der Waals surface area (Å²) in [5, 5.41) is 8.95. The zero-order chi connectivity index (χ0) is 21.5. The van der Waals surface area contributed by atoms with E-state index in [0.29, 0.717) is 23.6 Å². The second-order valence-corrected chi connectivity index (χ2v) is 7.12. The van der Waals surface area contributed by atoms with Crippen LogP contribution in [0.25, 0.3) is 27.7 Å². The predicted octanol–water partition coefficient (Wildman–Crippen LogP) is 4.96. The van der Waals surface area contributed by atoms with Gasteiger partial charge < -0.3 is 4.74 Å². The van der Waals surface area contributed by atoms with Crippen molar-refractivity contribution in [3.8, 4) is 16.9 Å². The van der Waals surface area contributed by atoms with Crippen LogP contribution in [0.1, 0.15) is 11.4 Å². The van der Waals surface area contributed by atoms with E-state index in [4.69, 9.17) is 4.74 Å². The molecule has 2 aromatic carbocycles. The normalized spacial score (nSPS) is 11.4. The van der Waals surface area contributed by atoms with Crippen molar-refractivity contribution in [3.63, 3.8) is 0 Å². The molecule has 0 spiro atoms. The molecular formula is C23H15F3N4O. The Bertz CT molecular complexity index is 1430. The molecule has 0 radical (unpaired) electrons. The fraction of sp³-hybridized carbons (Fsp3) is 0.0870. The van der Waals surface area contributed by atoms with E-state index in [1.807, 2.05) is 24.3 Å². The molecule has 0 aliphatic carbocycles. The molecule has 0 atom stereocenters. The molecule has 0 saturated carbocycles. The largest absolute Gasteiger partial charge is 0.495 e. The van der Waals surface area contributed by atoms with Crippen LogP contribution in [-0.4, -0.2) is 26.7 Å². The minimum absolute atomic E-state index is 0.0414. The summed E-state index contributed by atoms with van der Waals surface area (Å²) < 4.78 is 48.6. The molecule has 3 heterocycles. The number of nitrogens with zero attached hydrogens (tertiary/aromatic N) is 4. The van der Waals surface area contributed by atoms with Crippen LogP contribution in [0, 0.1) is 17.5 Å². The van der Waals surface area contributed by atoms with Gasteiger partial charge in [0, 0.05) is 29.6 Å². The Morgan fingerprint density at radius 2 is 1.71 bits per heavy atom. The van der Waals surface area contributed by atoms with Crippen LogP contribution < -0.4 is 4.74 Å². The summed E-state index contributed by atoms with van der Waals surface area (Å²) in [6, 6.07) is 11.9. The van der Waals surface area contributed by atoms with Crippen molar-refractivity contribution in [2.24, 2.45) is 0 Å². The lowest BCUT2D eigenvalue weighted by Gasteiger charge is -2.07. The van der Waals surface area contributed by atoms with E-state index in [1.165, 1.54) is 10.5 Å². The molecule has 0 aliphatic heterocycles. The topological polar surface area (TPSA) is 52.3 Å². The van der Waals surface area contributed by atoms with Gasteiger partial charge in [-0.05, 0) is 47.5 Å². The lowest BCUT2D eigenvalue weighted by atomic mass is 10.1. The van der Waals surface area contributed by atoms with Gasteiger partial charge in [-0.3, -0.25) is 9.38 Å². The Labute approximate surface area is 174 Å². The van der Waals surface area contributed by atoms with Gasteiger partial charge >= 0.3 is 0 Å². The van der Waals surface area contributed by atoms with E-state index in [0.717, 1.165) is 34.7 Å². The van der Waals surface area contributed by atoms with Gasteiger partial charge in [-0.25, -0.2) is 13.2 Å². The Balaban J connectivity index is 1.57. The average molecular weight is 420 g/mol. The number of ether oxygens (including phenoxy) is 1. The Kier molecular flexibility index (Phi) is 4.54. The van der Waals surface area contributed by atoms with Gasteiger partial charge in [0.2, 0.25) is 0 Å². The molecule has 0 N–H and O–H groups in total. The van der Waals surface area contributed by atoms with Crippen molar-refractivity contribution >= 4 is 16.6 Å². The molecular weight excluding hydrogens is 405 g/mol. The van der Waals surface area contributed by atoms with Crippen LogP contribution in [0.3, 0.4) is 0 Å². The molecule has 0 fully saturated rings. The highest BCUT2D eigenvalue weighted by molar-refractivity contribution is 5.80. The molecule has 8 heteroatoms. The first kappa shape index (κ1) is 19.0. The number of hydrogen-bond donors (Lipinski definition) is 0. The van der Waals surface area contributed by atoms with Crippen molar-refractivity contribution in [2.75, 3.05) is 7.11 Å². The zero-order valence-corrected chi connectivity index (χ0v) is 16.3. The minimum atomic E-state index is -0.736. The van der Waals surface area contributed by atoms with Gasteiger partial charge in [0.1, 0.15) is 23.2 Å². The van der Waals surface area contributed by atoms with Gasteiger partial charge in [-0.15, -0.1) is 10.2 Å². The third kappa shape index (κ3) is 3.56.